The lowest BCUT2D eigenvalue weighted by atomic mass is 10.1. The lowest BCUT2D eigenvalue weighted by molar-refractivity contribution is -0.141. The third kappa shape index (κ3) is 3.17. The van der Waals surface area contributed by atoms with Crippen LogP contribution < -0.4 is 5.32 Å². The smallest absolute Gasteiger partial charge is 0.306 e. The Kier molecular flexibility index (Phi) is 4.20. The molecule has 1 amide bonds. The summed E-state index contributed by atoms with van der Waals surface area (Å²) in [6, 6.07) is 9.64. The summed E-state index contributed by atoms with van der Waals surface area (Å²) in [5.41, 5.74) is 0.985. The SMILES string of the molecule is O=C(N[C@@H]1CC[C@H](C(=O)O)C1)c1cnc(-c2ccccc2)s1. The number of carboxylic acids is 1. The Morgan fingerprint density at radius 1 is 1.23 bits per heavy atom. The summed E-state index contributed by atoms with van der Waals surface area (Å²) in [4.78, 5) is 28.0. The molecule has 1 aromatic heterocycles. The second-order valence-electron chi connectivity index (χ2n) is 5.41. The second kappa shape index (κ2) is 6.27. The highest BCUT2D eigenvalue weighted by Crippen LogP contribution is 2.27. The van der Waals surface area contributed by atoms with Crippen molar-refractivity contribution in [1.82, 2.24) is 10.3 Å². The van der Waals surface area contributed by atoms with Gasteiger partial charge < -0.3 is 10.4 Å². The van der Waals surface area contributed by atoms with Crippen molar-refractivity contribution in [2.24, 2.45) is 5.92 Å². The Morgan fingerprint density at radius 2 is 2.00 bits per heavy atom. The number of carbonyl (C=O) groups excluding carboxylic acids is 1. The van der Waals surface area contributed by atoms with E-state index in [0.29, 0.717) is 24.1 Å². The summed E-state index contributed by atoms with van der Waals surface area (Å²) in [6.45, 7) is 0. The Hall–Kier alpha value is -2.21. The standard InChI is InChI=1S/C16H16N2O3S/c19-14(18-12-7-6-11(8-12)16(20)21)13-9-17-15(22-13)10-4-2-1-3-5-10/h1-5,9,11-12H,6-8H2,(H,18,19)(H,20,21)/t11-,12+/m0/s1. The molecule has 1 aliphatic rings. The lowest BCUT2D eigenvalue weighted by Crippen LogP contribution is -2.32. The molecule has 0 bridgehead atoms. The van der Waals surface area contributed by atoms with Gasteiger partial charge in [0.05, 0.1) is 12.1 Å². The van der Waals surface area contributed by atoms with Gasteiger partial charge in [-0.3, -0.25) is 9.59 Å². The molecule has 5 nitrogen and oxygen atoms in total. The van der Waals surface area contributed by atoms with Gasteiger partial charge in [-0.1, -0.05) is 30.3 Å². The summed E-state index contributed by atoms with van der Waals surface area (Å²) in [7, 11) is 0. The molecule has 1 saturated carbocycles. The van der Waals surface area contributed by atoms with Crippen LogP contribution in [-0.4, -0.2) is 28.0 Å². The number of nitrogens with one attached hydrogen (secondary N) is 1. The van der Waals surface area contributed by atoms with Crippen molar-refractivity contribution in [3.8, 4) is 10.6 Å². The first-order chi connectivity index (χ1) is 10.6. The predicted octanol–water partition coefficient (Wildman–Crippen LogP) is 2.79. The summed E-state index contributed by atoms with van der Waals surface area (Å²) in [5.74, 6) is -1.29. The normalized spacial score (nSPS) is 20.7. The highest BCUT2D eigenvalue weighted by atomic mass is 32.1. The monoisotopic (exact) mass is 316 g/mol. The average Bonchev–Trinajstić information content (AvgIpc) is 3.17. The van der Waals surface area contributed by atoms with Crippen LogP contribution in [0.1, 0.15) is 28.9 Å². The zero-order valence-electron chi connectivity index (χ0n) is 11.9. The van der Waals surface area contributed by atoms with Crippen LogP contribution in [0.15, 0.2) is 36.5 Å². The molecule has 2 aromatic rings. The summed E-state index contributed by atoms with van der Waals surface area (Å²) < 4.78 is 0. The molecule has 0 saturated heterocycles. The number of nitrogens with zero attached hydrogens (tertiary/aromatic N) is 1. The van der Waals surface area contributed by atoms with E-state index in [4.69, 9.17) is 5.11 Å². The molecular formula is C16H16N2O3S. The quantitative estimate of drug-likeness (QED) is 0.909. The van der Waals surface area contributed by atoms with Crippen LogP contribution in [0, 0.1) is 5.92 Å². The molecule has 1 aliphatic carbocycles. The van der Waals surface area contributed by atoms with E-state index in [1.807, 2.05) is 30.3 Å². The van der Waals surface area contributed by atoms with E-state index in [0.717, 1.165) is 10.6 Å². The van der Waals surface area contributed by atoms with Gasteiger partial charge in [0, 0.05) is 11.6 Å². The molecule has 22 heavy (non-hydrogen) atoms. The number of hydrogen-bond donors (Lipinski definition) is 2. The molecule has 2 N–H and O–H groups in total. The summed E-state index contributed by atoms with van der Waals surface area (Å²) in [6.07, 6.45) is 3.42. The van der Waals surface area contributed by atoms with Crippen molar-refractivity contribution in [2.75, 3.05) is 0 Å². The van der Waals surface area contributed by atoms with E-state index in [2.05, 4.69) is 10.3 Å². The van der Waals surface area contributed by atoms with Gasteiger partial charge in [0.2, 0.25) is 0 Å². The Balaban J connectivity index is 1.64. The molecule has 0 spiro atoms. The minimum atomic E-state index is -0.777. The zero-order valence-corrected chi connectivity index (χ0v) is 12.7. The van der Waals surface area contributed by atoms with E-state index in [1.165, 1.54) is 11.3 Å². The number of rotatable bonds is 4. The van der Waals surface area contributed by atoms with Crippen molar-refractivity contribution < 1.29 is 14.7 Å². The summed E-state index contributed by atoms with van der Waals surface area (Å²) >= 11 is 1.35. The Bertz CT molecular complexity index is 684. The fourth-order valence-corrected chi connectivity index (χ4v) is 3.51. The van der Waals surface area contributed by atoms with Crippen LogP contribution in [0.25, 0.3) is 10.6 Å². The van der Waals surface area contributed by atoms with Crippen LogP contribution in [0.2, 0.25) is 0 Å². The maximum absolute atomic E-state index is 12.2. The fourth-order valence-electron chi connectivity index (χ4n) is 2.69. The largest absolute Gasteiger partial charge is 0.481 e. The molecule has 1 aromatic carbocycles. The number of carbonyl (C=O) groups is 2. The van der Waals surface area contributed by atoms with Gasteiger partial charge in [-0.05, 0) is 19.3 Å². The number of amides is 1. The number of aliphatic carboxylic acids is 1. The molecule has 6 heteroatoms. The molecule has 0 unspecified atom stereocenters. The molecule has 0 radical (unpaired) electrons. The van der Waals surface area contributed by atoms with Crippen molar-refractivity contribution in [3.05, 3.63) is 41.4 Å². The number of thiazole rings is 1. The first-order valence-corrected chi connectivity index (χ1v) is 8.00. The van der Waals surface area contributed by atoms with Gasteiger partial charge in [-0.25, -0.2) is 4.98 Å². The summed E-state index contributed by atoms with van der Waals surface area (Å²) in [5, 5.41) is 12.7. The van der Waals surface area contributed by atoms with E-state index in [1.54, 1.807) is 6.20 Å². The first-order valence-electron chi connectivity index (χ1n) is 7.18. The average molecular weight is 316 g/mol. The number of hydrogen-bond acceptors (Lipinski definition) is 4. The van der Waals surface area contributed by atoms with E-state index in [-0.39, 0.29) is 17.9 Å². The van der Waals surface area contributed by atoms with Crippen LogP contribution in [0.3, 0.4) is 0 Å². The molecule has 0 aliphatic heterocycles. The molecule has 1 fully saturated rings. The van der Waals surface area contributed by atoms with Crippen molar-refractivity contribution in [2.45, 2.75) is 25.3 Å². The van der Waals surface area contributed by atoms with Gasteiger partial charge >= 0.3 is 5.97 Å². The zero-order chi connectivity index (χ0) is 15.5. The number of carboxylic acid groups (broad SMARTS) is 1. The molecule has 3 rings (SSSR count). The Labute approximate surface area is 132 Å². The van der Waals surface area contributed by atoms with Gasteiger partial charge in [0.25, 0.3) is 5.91 Å². The number of aromatic nitrogens is 1. The number of benzene rings is 1. The minimum absolute atomic E-state index is 0.0594. The van der Waals surface area contributed by atoms with Crippen LogP contribution in [-0.2, 0) is 4.79 Å². The highest BCUT2D eigenvalue weighted by Gasteiger charge is 2.30. The van der Waals surface area contributed by atoms with Crippen LogP contribution in [0.4, 0.5) is 0 Å². The van der Waals surface area contributed by atoms with E-state index >= 15 is 0 Å². The van der Waals surface area contributed by atoms with Gasteiger partial charge in [0.1, 0.15) is 9.88 Å². The van der Waals surface area contributed by atoms with E-state index < -0.39 is 5.97 Å². The van der Waals surface area contributed by atoms with E-state index in [9.17, 15) is 9.59 Å². The fraction of sp³-hybridized carbons (Fsp3) is 0.312. The third-order valence-corrected chi connectivity index (χ3v) is 4.91. The lowest BCUT2D eigenvalue weighted by Gasteiger charge is -2.10. The molecular weight excluding hydrogens is 300 g/mol. The molecule has 114 valence electrons. The van der Waals surface area contributed by atoms with Crippen LogP contribution in [0.5, 0.6) is 0 Å². The predicted molar refractivity (Wildman–Crippen MR) is 83.8 cm³/mol. The van der Waals surface area contributed by atoms with Crippen molar-refractivity contribution >= 4 is 23.2 Å². The maximum atomic E-state index is 12.2. The first kappa shape index (κ1) is 14.7. The van der Waals surface area contributed by atoms with Gasteiger partial charge in [-0.2, -0.15) is 0 Å². The van der Waals surface area contributed by atoms with Gasteiger partial charge in [-0.15, -0.1) is 11.3 Å². The Morgan fingerprint density at radius 3 is 2.68 bits per heavy atom. The van der Waals surface area contributed by atoms with Crippen molar-refractivity contribution in [1.29, 1.82) is 0 Å². The maximum Gasteiger partial charge on any atom is 0.306 e. The van der Waals surface area contributed by atoms with Crippen LogP contribution >= 0.6 is 11.3 Å². The molecule has 2 atom stereocenters. The van der Waals surface area contributed by atoms with Gasteiger partial charge in [0.15, 0.2) is 0 Å². The minimum Gasteiger partial charge on any atom is -0.481 e. The highest BCUT2D eigenvalue weighted by molar-refractivity contribution is 7.16. The topological polar surface area (TPSA) is 79.3 Å². The second-order valence-corrected chi connectivity index (χ2v) is 6.44. The molecule has 1 heterocycles. The third-order valence-electron chi connectivity index (χ3n) is 3.87. The van der Waals surface area contributed by atoms with Crippen molar-refractivity contribution in [3.63, 3.8) is 0 Å².